The van der Waals surface area contributed by atoms with E-state index < -0.39 is 0 Å². The molecular formula is C7H7ClN2. The second-order valence-corrected chi connectivity index (χ2v) is 2.33. The molecule has 1 aliphatic rings. The van der Waals surface area contributed by atoms with Gasteiger partial charge in [0.15, 0.2) is 0 Å². The minimum atomic E-state index is 0.356. The normalized spacial score (nSPS) is 21.5. The fourth-order valence-corrected chi connectivity index (χ4v) is 0.846. The van der Waals surface area contributed by atoms with E-state index in [0.29, 0.717) is 16.3 Å². The van der Waals surface area contributed by atoms with Crippen molar-refractivity contribution in [2.45, 2.75) is 0 Å². The van der Waals surface area contributed by atoms with Crippen LogP contribution in [0.15, 0.2) is 35.0 Å². The Balaban J connectivity index is 2.95. The van der Waals surface area contributed by atoms with Gasteiger partial charge in [0.25, 0.3) is 0 Å². The van der Waals surface area contributed by atoms with Crippen LogP contribution in [0.5, 0.6) is 0 Å². The Bertz CT molecular complexity index is 248. The van der Waals surface area contributed by atoms with Crippen LogP contribution in [0.1, 0.15) is 0 Å². The molecule has 0 radical (unpaired) electrons. The Morgan fingerprint density at radius 1 is 1.50 bits per heavy atom. The zero-order valence-electron chi connectivity index (χ0n) is 5.26. The van der Waals surface area contributed by atoms with Crippen LogP contribution < -0.4 is 5.73 Å². The fourth-order valence-electron chi connectivity index (χ4n) is 0.674. The molecule has 0 saturated heterocycles. The van der Waals surface area contributed by atoms with Gasteiger partial charge in [-0.05, 0) is 18.2 Å². The first-order valence-corrected chi connectivity index (χ1v) is 3.18. The molecule has 0 aliphatic heterocycles. The standard InChI is InChI=1S/C7H7ClN2/c8-6-2-1-5(4-9)7(10)3-6/h1-4,10H,9H2/b5-4-,10-7?. The summed E-state index contributed by atoms with van der Waals surface area (Å²) in [6.07, 6.45) is 6.36. The van der Waals surface area contributed by atoms with Gasteiger partial charge < -0.3 is 11.1 Å². The Labute approximate surface area is 64.2 Å². The highest BCUT2D eigenvalue weighted by Crippen LogP contribution is 2.13. The molecule has 2 nitrogen and oxygen atoms in total. The number of rotatable bonds is 0. The SMILES string of the molecule is N=C1C=C(Cl)C=C/C1=C/N. The maximum absolute atomic E-state index is 7.32. The van der Waals surface area contributed by atoms with Crippen molar-refractivity contribution in [3.63, 3.8) is 0 Å². The topological polar surface area (TPSA) is 49.9 Å². The molecule has 1 aliphatic carbocycles. The Morgan fingerprint density at radius 3 is 2.70 bits per heavy atom. The van der Waals surface area contributed by atoms with E-state index in [1.54, 1.807) is 18.2 Å². The minimum Gasteiger partial charge on any atom is -0.404 e. The molecule has 0 unspecified atom stereocenters. The maximum atomic E-state index is 7.32. The quantitative estimate of drug-likeness (QED) is 0.547. The fraction of sp³-hybridized carbons (Fsp3) is 0. The van der Waals surface area contributed by atoms with Gasteiger partial charge in [-0.15, -0.1) is 0 Å². The summed E-state index contributed by atoms with van der Waals surface area (Å²) in [4.78, 5) is 0. The zero-order chi connectivity index (χ0) is 7.56. The summed E-state index contributed by atoms with van der Waals surface area (Å²) in [6.45, 7) is 0. The van der Waals surface area contributed by atoms with Crippen LogP contribution in [0, 0.1) is 5.41 Å². The van der Waals surface area contributed by atoms with E-state index in [0.717, 1.165) is 0 Å². The second-order valence-electron chi connectivity index (χ2n) is 1.90. The van der Waals surface area contributed by atoms with E-state index in [-0.39, 0.29) is 0 Å². The Morgan fingerprint density at radius 2 is 2.20 bits per heavy atom. The molecule has 1 rings (SSSR count). The third-order valence-corrected chi connectivity index (χ3v) is 1.43. The highest BCUT2D eigenvalue weighted by molar-refractivity contribution is 6.34. The minimum absolute atomic E-state index is 0.356. The summed E-state index contributed by atoms with van der Waals surface area (Å²) >= 11 is 5.60. The van der Waals surface area contributed by atoms with Crippen molar-refractivity contribution in [3.05, 3.63) is 35.0 Å². The van der Waals surface area contributed by atoms with Gasteiger partial charge in [-0.25, -0.2) is 0 Å². The average molecular weight is 155 g/mol. The molecule has 0 fully saturated rings. The molecule has 0 atom stereocenters. The third kappa shape index (κ3) is 1.28. The Kier molecular flexibility index (Phi) is 1.92. The van der Waals surface area contributed by atoms with Crippen molar-refractivity contribution < 1.29 is 0 Å². The van der Waals surface area contributed by atoms with Crippen molar-refractivity contribution in [3.8, 4) is 0 Å². The number of allylic oxidation sites excluding steroid dienone is 5. The van der Waals surface area contributed by atoms with Crippen molar-refractivity contribution in [2.24, 2.45) is 5.73 Å². The highest BCUT2D eigenvalue weighted by Gasteiger charge is 2.03. The lowest BCUT2D eigenvalue weighted by Crippen LogP contribution is -2.01. The predicted octanol–water partition coefficient (Wildman–Crippen LogP) is 1.54. The largest absolute Gasteiger partial charge is 0.404 e. The van der Waals surface area contributed by atoms with Crippen LogP contribution in [0.4, 0.5) is 0 Å². The smallest absolute Gasteiger partial charge is 0.0641 e. The van der Waals surface area contributed by atoms with E-state index in [4.69, 9.17) is 22.7 Å². The third-order valence-electron chi connectivity index (χ3n) is 1.19. The molecule has 0 amide bonds. The van der Waals surface area contributed by atoms with Gasteiger partial charge in [0.1, 0.15) is 0 Å². The van der Waals surface area contributed by atoms with Crippen LogP contribution in [0.3, 0.4) is 0 Å². The molecule has 0 spiro atoms. The lowest BCUT2D eigenvalue weighted by Gasteiger charge is -2.03. The van der Waals surface area contributed by atoms with Gasteiger partial charge in [0.2, 0.25) is 0 Å². The number of hydrogen-bond acceptors (Lipinski definition) is 2. The van der Waals surface area contributed by atoms with E-state index in [9.17, 15) is 0 Å². The average Bonchev–Trinajstić information content (AvgIpc) is 1.88. The van der Waals surface area contributed by atoms with Crippen LogP contribution >= 0.6 is 11.6 Å². The Hall–Kier alpha value is -1.02. The summed E-state index contributed by atoms with van der Waals surface area (Å²) in [5.74, 6) is 0. The zero-order valence-corrected chi connectivity index (χ0v) is 6.02. The maximum Gasteiger partial charge on any atom is 0.0641 e. The highest BCUT2D eigenvalue weighted by atomic mass is 35.5. The monoisotopic (exact) mass is 154 g/mol. The van der Waals surface area contributed by atoms with Crippen LogP contribution in [0.2, 0.25) is 0 Å². The summed E-state index contributed by atoms with van der Waals surface area (Å²) in [6, 6.07) is 0. The lowest BCUT2D eigenvalue weighted by molar-refractivity contribution is 1.45. The van der Waals surface area contributed by atoms with Crippen LogP contribution in [-0.4, -0.2) is 5.71 Å². The number of nitrogens with one attached hydrogen (secondary N) is 1. The molecule has 0 aromatic rings. The first-order valence-electron chi connectivity index (χ1n) is 2.80. The molecule has 3 heteroatoms. The van der Waals surface area contributed by atoms with Gasteiger partial charge in [-0.3, -0.25) is 0 Å². The van der Waals surface area contributed by atoms with E-state index >= 15 is 0 Å². The second kappa shape index (κ2) is 2.71. The van der Waals surface area contributed by atoms with Gasteiger partial charge in [-0.1, -0.05) is 11.6 Å². The first kappa shape index (κ1) is 7.09. The molecule has 52 valence electrons. The van der Waals surface area contributed by atoms with Crippen molar-refractivity contribution in [2.75, 3.05) is 0 Å². The molecule has 0 heterocycles. The molecule has 10 heavy (non-hydrogen) atoms. The van der Waals surface area contributed by atoms with Crippen LogP contribution in [-0.2, 0) is 0 Å². The number of nitrogens with two attached hydrogens (primary N) is 1. The van der Waals surface area contributed by atoms with E-state index in [2.05, 4.69) is 0 Å². The van der Waals surface area contributed by atoms with E-state index in [1.807, 2.05) is 0 Å². The summed E-state index contributed by atoms with van der Waals surface area (Å²) in [7, 11) is 0. The molecule has 3 N–H and O–H groups in total. The summed E-state index contributed by atoms with van der Waals surface area (Å²) in [5.41, 5.74) is 6.27. The molecular weight excluding hydrogens is 148 g/mol. The van der Waals surface area contributed by atoms with Crippen LogP contribution in [0.25, 0.3) is 0 Å². The molecule has 0 bridgehead atoms. The van der Waals surface area contributed by atoms with Gasteiger partial charge >= 0.3 is 0 Å². The first-order chi connectivity index (χ1) is 4.74. The number of halogens is 1. The summed E-state index contributed by atoms with van der Waals surface area (Å²) in [5, 5.41) is 7.88. The van der Waals surface area contributed by atoms with Gasteiger partial charge in [0, 0.05) is 16.8 Å². The van der Waals surface area contributed by atoms with Gasteiger partial charge in [0.05, 0.1) is 5.71 Å². The van der Waals surface area contributed by atoms with Crippen molar-refractivity contribution in [1.82, 2.24) is 0 Å². The molecule has 0 aromatic carbocycles. The van der Waals surface area contributed by atoms with Gasteiger partial charge in [-0.2, -0.15) is 0 Å². The number of hydrogen-bond donors (Lipinski definition) is 2. The summed E-state index contributed by atoms with van der Waals surface area (Å²) < 4.78 is 0. The lowest BCUT2D eigenvalue weighted by atomic mass is 10.1. The molecule has 0 aromatic heterocycles. The molecule has 0 saturated carbocycles. The predicted molar refractivity (Wildman–Crippen MR) is 43.1 cm³/mol. The van der Waals surface area contributed by atoms with Crippen molar-refractivity contribution >= 4 is 17.3 Å². The van der Waals surface area contributed by atoms with Crippen molar-refractivity contribution in [1.29, 1.82) is 5.41 Å². The van der Waals surface area contributed by atoms with E-state index in [1.165, 1.54) is 6.20 Å².